The molecule has 4 aliphatic carbocycles. The van der Waals surface area contributed by atoms with E-state index in [2.05, 4.69) is 18.7 Å². The molecule has 4 aliphatic rings. The molecule has 0 unspecified atom stereocenters. The second kappa shape index (κ2) is 8.18. The Morgan fingerprint density at radius 2 is 1.60 bits per heavy atom. The molecule has 4 saturated carbocycles. The quantitative estimate of drug-likeness (QED) is 0.561. The Labute approximate surface area is 181 Å². The zero-order chi connectivity index (χ0) is 21.5. The van der Waals surface area contributed by atoms with Crippen LogP contribution in [0, 0.1) is 29.1 Å². The molecule has 4 bridgehead atoms. The van der Waals surface area contributed by atoms with Crippen LogP contribution in [0.25, 0.3) is 0 Å². The van der Waals surface area contributed by atoms with E-state index in [4.69, 9.17) is 4.18 Å². The minimum absolute atomic E-state index is 0.134. The number of amides is 1. The van der Waals surface area contributed by atoms with Crippen molar-refractivity contribution in [3.05, 3.63) is 29.8 Å². The van der Waals surface area contributed by atoms with Crippen LogP contribution in [0.5, 0.6) is 5.75 Å². The molecular weight excluding hydrogens is 398 g/mol. The van der Waals surface area contributed by atoms with Crippen molar-refractivity contribution in [1.29, 1.82) is 0 Å². The number of benzene rings is 1. The average molecular weight is 434 g/mol. The Morgan fingerprint density at radius 1 is 1.07 bits per heavy atom. The van der Waals surface area contributed by atoms with Crippen molar-refractivity contribution >= 4 is 16.0 Å². The summed E-state index contributed by atoms with van der Waals surface area (Å²) in [6, 6.07) is 7.09. The van der Waals surface area contributed by atoms with Crippen LogP contribution in [0.15, 0.2) is 24.3 Å². The van der Waals surface area contributed by atoms with Gasteiger partial charge in [-0.1, -0.05) is 26.0 Å². The van der Waals surface area contributed by atoms with Gasteiger partial charge >= 0.3 is 10.1 Å². The molecule has 4 fully saturated rings. The number of rotatable bonds is 8. The third-order valence-electron chi connectivity index (χ3n) is 7.30. The van der Waals surface area contributed by atoms with Crippen LogP contribution >= 0.6 is 0 Å². The third-order valence-corrected chi connectivity index (χ3v) is 7.80. The van der Waals surface area contributed by atoms with E-state index in [0.717, 1.165) is 61.8 Å². The number of carbonyl (C=O) groups excluding carboxylic acids is 1. The number of carbonyl (C=O) groups is 1. The Hall–Kier alpha value is -1.56. The molecule has 0 aliphatic heterocycles. The molecule has 1 aromatic carbocycles. The predicted molar refractivity (Wildman–Crippen MR) is 117 cm³/mol. The fourth-order valence-corrected chi connectivity index (χ4v) is 6.88. The molecular formula is C24H35NO4S. The van der Waals surface area contributed by atoms with Gasteiger partial charge in [-0.3, -0.25) is 4.79 Å². The topological polar surface area (TPSA) is 63.7 Å². The van der Waals surface area contributed by atoms with Gasteiger partial charge in [-0.2, -0.15) is 8.42 Å². The van der Waals surface area contributed by atoms with E-state index >= 15 is 0 Å². The van der Waals surface area contributed by atoms with Crippen LogP contribution in [0.4, 0.5) is 0 Å². The zero-order valence-electron chi connectivity index (χ0n) is 18.5. The van der Waals surface area contributed by atoms with Crippen molar-refractivity contribution < 1.29 is 17.4 Å². The molecule has 166 valence electrons. The summed E-state index contributed by atoms with van der Waals surface area (Å²) < 4.78 is 27.6. The molecule has 0 saturated heterocycles. The van der Waals surface area contributed by atoms with E-state index in [-0.39, 0.29) is 5.41 Å². The maximum atomic E-state index is 13.9. The van der Waals surface area contributed by atoms with Gasteiger partial charge in [-0.05, 0) is 86.3 Å². The zero-order valence-corrected chi connectivity index (χ0v) is 19.3. The van der Waals surface area contributed by atoms with Gasteiger partial charge in [0.2, 0.25) is 5.91 Å². The minimum Gasteiger partial charge on any atom is -0.383 e. The van der Waals surface area contributed by atoms with E-state index < -0.39 is 10.1 Å². The molecule has 1 amide bonds. The third kappa shape index (κ3) is 4.84. The summed E-state index contributed by atoms with van der Waals surface area (Å²) in [5.41, 5.74) is 0.878. The summed E-state index contributed by atoms with van der Waals surface area (Å²) in [7, 11) is -3.54. The minimum atomic E-state index is -3.54. The molecule has 5 rings (SSSR count). The van der Waals surface area contributed by atoms with Crippen molar-refractivity contribution in [3.63, 3.8) is 0 Å². The second-order valence-electron chi connectivity index (χ2n) is 10.5. The first kappa shape index (κ1) is 21.7. The Balaban J connectivity index is 1.51. The predicted octanol–water partition coefficient (Wildman–Crippen LogP) is 4.62. The molecule has 30 heavy (non-hydrogen) atoms. The maximum absolute atomic E-state index is 13.9. The lowest BCUT2D eigenvalue weighted by Crippen LogP contribution is -2.54. The van der Waals surface area contributed by atoms with Gasteiger partial charge in [0.1, 0.15) is 5.75 Å². The lowest BCUT2D eigenvalue weighted by molar-refractivity contribution is -0.158. The molecule has 0 aromatic heterocycles. The van der Waals surface area contributed by atoms with Crippen LogP contribution in [0.2, 0.25) is 0 Å². The summed E-state index contributed by atoms with van der Waals surface area (Å²) in [6.07, 6.45) is 9.28. The monoisotopic (exact) mass is 433 g/mol. The van der Waals surface area contributed by atoms with Gasteiger partial charge in [0, 0.05) is 13.1 Å². The summed E-state index contributed by atoms with van der Waals surface area (Å²) in [5.74, 6) is 3.46. The Morgan fingerprint density at radius 3 is 2.07 bits per heavy atom. The van der Waals surface area contributed by atoms with Gasteiger partial charge in [0.25, 0.3) is 0 Å². The second-order valence-corrected chi connectivity index (χ2v) is 12.1. The fourth-order valence-electron chi connectivity index (χ4n) is 6.42. The van der Waals surface area contributed by atoms with E-state index in [1.54, 1.807) is 12.1 Å². The van der Waals surface area contributed by atoms with Gasteiger partial charge in [-0.15, -0.1) is 0 Å². The van der Waals surface area contributed by atoms with Crippen LogP contribution < -0.4 is 4.18 Å². The van der Waals surface area contributed by atoms with E-state index in [0.29, 0.717) is 24.1 Å². The van der Waals surface area contributed by atoms with Crippen molar-refractivity contribution in [2.45, 2.75) is 65.3 Å². The lowest BCUT2D eigenvalue weighted by atomic mass is 9.49. The van der Waals surface area contributed by atoms with E-state index in [1.807, 2.05) is 12.1 Å². The fraction of sp³-hybridized carbons (Fsp3) is 0.708. The average Bonchev–Trinajstić information content (AvgIpc) is 2.63. The molecule has 0 heterocycles. The van der Waals surface area contributed by atoms with Crippen molar-refractivity contribution in [2.75, 3.05) is 12.8 Å². The van der Waals surface area contributed by atoms with E-state index in [1.165, 1.54) is 19.3 Å². The highest BCUT2D eigenvalue weighted by Gasteiger charge is 2.55. The standard InChI is InChI=1S/C24H35NO4S/c1-17(2)8-9-25(16-18-4-6-22(7-5-18)29-30(3,27)28)23(26)24-13-19-10-20(14-24)12-21(11-19)15-24/h4-7,17,19-21H,8-16H2,1-3H3. The van der Waals surface area contributed by atoms with Crippen LogP contribution in [-0.4, -0.2) is 32.0 Å². The van der Waals surface area contributed by atoms with Crippen molar-refractivity contribution in [3.8, 4) is 5.75 Å². The van der Waals surface area contributed by atoms with Gasteiger partial charge in [0.05, 0.1) is 11.7 Å². The van der Waals surface area contributed by atoms with Crippen molar-refractivity contribution in [1.82, 2.24) is 4.90 Å². The Kier molecular flexibility index (Phi) is 5.90. The number of hydrogen-bond donors (Lipinski definition) is 0. The number of hydrogen-bond acceptors (Lipinski definition) is 4. The highest BCUT2D eigenvalue weighted by atomic mass is 32.2. The first-order chi connectivity index (χ1) is 14.1. The molecule has 5 nitrogen and oxygen atoms in total. The molecule has 0 spiro atoms. The van der Waals surface area contributed by atoms with Gasteiger partial charge in [0.15, 0.2) is 0 Å². The van der Waals surface area contributed by atoms with Crippen LogP contribution in [0.1, 0.15) is 64.4 Å². The normalized spacial score (nSPS) is 29.9. The Bertz CT molecular complexity index is 840. The first-order valence-corrected chi connectivity index (χ1v) is 13.2. The molecule has 0 atom stereocenters. The largest absolute Gasteiger partial charge is 0.383 e. The number of nitrogens with zero attached hydrogens (tertiary/aromatic N) is 1. The first-order valence-electron chi connectivity index (χ1n) is 11.4. The van der Waals surface area contributed by atoms with Crippen molar-refractivity contribution in [2.24, 2.45) is 29.1 Å². The SMILES string of the molecule is CC(C)CCN(Cc1ccc(OS(C)(=O)=O)cc1)C(=O)C12CC3CC(CC(C3)C1)C2. The molecule has 6 heteroatoms. The lowest BCUT2D eigenvalue weighted by Gasteiger charge is -2.56. The highest BCUT2D eigenvalue weighted by molar-refractivity contribution is 7.86. The summed E-state index contributed by atoms with van der Waals surface area (Å²) in [6.45, 7) is 5.75. The maximum Gasteiger partial charge on any atom is 0.306 e. The van der Waals surface area contributed by atoms with Crippen LogP contribution in [-0.2, 0) is 21.5 Å². The molecule has 1 aromatic rings. The van der Waals surface area contributed by atoms with Gasteiger partial charge < -0.3 is 9.08 Å². The molecule has 0 radical (unpaired) electrons. The van der Waals surface area contributed by atoms with E-state index in [9.17, 15) is 13.2 Å². The smallest absolute Gasteiger partial charge is 0.306 e. The molecule has 0 N–H and O–H groups in total. The van der Waals surface area contributed by atoms with Gasteiger partial charge in [-0.25, -0.2) is 0 Å². The summed E-state index contributed by atoms with van der Waals surface area (Å²) in [5, 5.41) is 0. The summed E-state index contributed by atoms with van der Waals surface area (Å²) >= 11 is 0. The van der Waals surface area contributed by atoms with Crippen LogP contribution in [0.3, 0.4) is 0 Å². The highest BCUT2D eigenvalue weighted by Crippen LogP contribution is 2.60. The summed E-state index contributed by atoms with van der Waals surface area (Å²) in [4.78, 5) is 16.0.